The normalized spacial score (nSPS) is 21.7. The van der Waals surface area contributed by atoms with Crippen LogP contribution in [0.1, 0.15) is 51.0 Å². The van der Waals surface area contributed by atoms with E-state index >= 15 is 0 Å². The smallest absolute Gasteiger partial charge is 0.227 e. The highest BCUT2D eigenvalue weighted by atomic mass is 16.1. The van der Waals surface area contributed by atoms with Crippen molar-refractivity contribution in [2.24, 2.45) is 16.8 Å². The fraction of sp³-hybridized carbons (Fsp3) is 0.619. The lowest BCUT2D eigenvalue weighted by Gasteiger charge is -2.33. The first kappa shape index (κ1) is 18.7. The highest BCUT2D eigenvalue weighted by molar-refractivity contribution is 5.92. The molecule has 0 spiro atoms. The van der Waals surface area contributed by atoms with E-state index in [0.717, 1.165) is 49.1 Å². The molecular weight excluding hydrogens is 324 g/mol. The van der Waals surface area contributed by atoms with E-state index in [-0.39, 0.29) is 11.8 Å². The van der Waals surface area contributed by atoms with Crippen LogP contribution in [0.4, 0.5) is 5.69 Å². The number of anilines is 1. The molecule has 1 aliphatic heterocycles. The van der Waals surface area contributed by atoms with Gasteiger partial charge in [-0.3, -0.25) is 9.79 Å². The zero-order chi connectivity index (χ0) is 18.4. The van der Waals surface area contributed by atoms with E-state index in [2.05, 4.69) is 39.6 Å². The van der Waals surface area contributed by atoms with Gasteiger partial charge in [-0.05, 0) is 49.3 Å². The van der Waals surface area contributed by atoms with Crippen molar-refractivity contribution in [2.75, 3.05) is 25.5 Å². The lowest BCUT2D eigenvalue weighted by Crippen LogP contribution is -2.45. The molecule has 1 saturated heterocycles. The summed E-state index contributed by atoms with van der Waals surface area (Å²) < 4.78 is 0. The van der Waals surface area contributed by atoms with Crippen LogP contribution < -0.4 is 10.6 Å². The number of guanidine groups is 1. The van der Waals surface area contributed by atoms with E-state index in [0.29, 0.717) is 6.54 Å². The molecule has 142 valence electrons. The van der Waals surface area contributed by atoms with Crippen LogP contribution in [0, 0.1) is 11.8 Å². The summed E-state index contributed by atoms with van der Waals surface area (Å²) in [5.41, 5.74) is 2.04. The van der Waals surface area contributed by atoms with E-state index < -0.39 is 0 Å². The van der Waals surface area contributed by atoms with Crippen LogP contribution in [-0.4, -0.2) is 36.9 Å². The van der Waals surface area contributed by atoms with Crippen LogP contribution in [0.5, 0.6) is 0 Å². The molecule has 1 atom stereocenters. The van der Waals surface area contributed by atoms with Gasteiger partial charge in [-0.2, -0.15) is 0 Å². The minimum absolute atomic E-state index is 0.172. The SMILES string of the molecule is CN=C(NCc1cccc(NC(=O)C2CCCC2)c1)N1CCCC(C)C1. The Morgan fingerprint density at radius 3 is 2.77 bits per heavy atom. The third kappa shape index (κ3) is 4.99. The minimum Gasteiger partial charge on any atom is -0.352 e. The van der Waals surface area contributed by atoms with E-state index in [1.54, 1.807) is 0 Å². The Morgan fingerprint density at radius 1 is 1.23 bits per heavy atom. The predicted molar refractivity (Wildman–Crippen MR) is 107 cm³/mol. The van der Waals surface area contributed by atoms with Crippen molar-refractivity contribution < 1.29 is 4.79 Å². The van der Waals surface area contributed by atoms with Gasteiger partial charge < -0.3 is 15.5 Å². The number of likely N-dealkylation sites (tertiary alicyclic amines) is 1. The maximum Gasteiger partial charge on any atom is 0.227 e. The number of hydrogen-bond donors (Lipinski definition) is 2. The van der Waals surface area contributed by atoms with Crippen molar-refractivity contribution in [3.63, 3.8) is 0 Å². The average Bonchev–Trinajstić information content (AvgIpc) is 3.17. The monoisotopic (exact) mass is 356 g/mol. The van der Waals surface area contributed by atoms with Gasteiger partial charge in [0.25, 0.3) is 0 Å². The molecule has 1 amide bonds. The van der Waals surface area contributed by atoms with Gasteiger partial charge in [0.2, 0.25) is 5.91 Å². The van der Waals surface area contributed by atoms with Crippen molar-refractivity contribution in [2.45, 2.75) is 52.0 Å². The van der Waals surface area contributed by atoms with Crippen LogP contribution in [-0.2, 0) is 11.3 Å². The molecule has 1 aromatic carbocycles. The molecule has 0 bridgehead atoms. The predicted octanol–water partition coefficient (Wildman–Crippen LogP) is 3.62. The standard InChI is InChI=1S/C21H32N4O/c1-16-7-6-12-25(15-16)21(22-2)23-14-17-8-5-11-19(13-17)24-20(26)18-9-3-4-10-18/h5,8,11,13,16,18H,3-4,6-7,9-10,12,14-15H2,1-2H3,(H,22,23)(H,24,26). The van der Waals surface area contributed by atoms with Crippen molar-refractivity contribution >= 4 is 17.6 Å². The molecule has 2 N–H and O–H groups in total. The van der Waals surface area contributed by atoms with Crippen molar-refractivity contribution in [3.8, 4) is 0 Å². The summed E-state index contributed by atoms with van der Waals surface area (Å²) in [5, 5.41) is 6.56. The van der Waals surface area contributed by atoms with Crippen molar-refractivity contribution in [1.29, 1.82) is 0 Å². The zero-order valence-corrected chi connectivity index (χ0v) is 16.1. The lowest BCUT2D eigenvalue weighted by atomic mass is 10.0. The molecule has 2 fully saturated rings. The highest BCUT2D eigenvalue weighted by Crippen LogP contribution is 2.26. The third-order valence-corrected chi connectivity index (χ3v) is 5.54. The maximum absolute atomic E-state index is 12.3. The Balaban J connectivity index is 1.55. The van der Waals surface area contributed by atoms with E-state index in [1.807, 2.05) is 19.2 Å². The van der Waals surface area contributed by atoms with Gasteiger partial charge in [0.05, 0.1) is 0 Å². The summed E-state index contributed by atoms with van der Waals surface area (Å²) in [5.74, 6) is 2.05. The molecule has 5 heteroatoms. The maximum atomic E-state index is 12.3. The lowest BCUT2D eigenvalue weighted by molar-refractivity contribution is -0.119. The summed E-state index contributed by atoms with van der Waals surface area (Å²) in [7, 11) is 1.85. The second-order valence-corrected chi connectivity index (χ2v) is 7.77. The Bertz CT molecular complexity index is 637. The number of benzene rings is 1. The first-order chi connectivity index (χ1) is 12.7. The number of hydrogen-bond acceptors (Lipinski definition) is 2. The quantitative estimate of drug-likeness (QED) is 0.640. The molecule has 2 aliphatic rings. The Labute approximate surface area is 157 Å². The summed E-state index contributed by atoms with van der Waals surface area (Å²) in [6.45, 7) is 5.15. The summed E-state index contributed by atoms with van der Waals surface area (Å²) >= 11 is 0. The minimum atomic E-state index is 0.172. The number of rotatable bonds is 4. The molecule has 1 aromatic rings. The van der Waals surface area contributed by atoms with E-state index in [1.165, 1.54) is 25.7 Å². The molecule has 1 heterocycles. The number of amides is 1. The van der Waals surface area contributed by atoms with Gasteiger partial charge in [-0.1, -0.05) is 31.9 Å². The molecular formula is C21H32N4O. The fourth-order valence-electron chi connectivity index (χ4n) is 4.09. The molecule has 1 unspecified atom stereocenters. The van der Waals surface area contributed by atoms with Gasteiger partial charge in [-0.15, -0.1) is 0 Å². The average molecular weight is 357 g/mol. The van der Waals surface area contributed by atoms with E-state index in [4.69, 9.17) is 0 Å². The highest BCUT2D eigenvalue weighted by Gasteiger charge is 2.22. The van der Waals surface area contributed by atoms with Gasteiger partial charge >= 0.3 is 0 Å². The molecule has 0 aromatic heterocycles. The molecule has 0 radical (unpaired) electrons. The van der Waals surface area contributed by atoms with Crippen LogP contribution in [0.3, 0.4) is 0 Å². The third-order valence-electron chi connectivity index (χ3n) is 5.54. The largest absolute Gasteiger partial charge is 0.352 e. The van der Waals surface area contributed by atoms with Crippen LogP contribution in [0.2, 0.25) is 0 Å². The number of carbonyl (C=O) groups excluding carboxylic acids is 1. The Morgan fingerprint density at radius 2 is 2.04 bits per heavy atom. The molecule has 26 heavy (non-hydrogen) atoms. The topological polar surface area (TPSA) is 56.7 Å². The van der Waals surface area contributed by atoms with Gasteiger partial charge in [0, 0.05) is 38.3 Å². The summed E-state index contributed by atoms with van der Waals surface area (Å²) in [6.07, 6.45) is 6.93. The van der Waals surface area contributed by atoms with E-state index in [9.17, 15) is 4.79 Å². The summed E-state index contributed by atoms with van der Waals surface area (Å²) in [6, 6.07) is 8.13. The first-order valence-corrected chi connectivity index (χ1v) is 10.0. The van der Waals surface area contributed by atoms with Crippen LogP contribution in [0.15, 0.2) is 29.3 Å². The number of nitrogens with zero attached hydrogens (tertiary/aromatic N) is 2. The van der Waals surface area contributed by atoms with Gasteiger partial charge in [0.15, 0.2) is 5.96 Å². The summed E-state index contributed by atoms with van der Waals surface area (Å²) in [4.78, 5) is 19.1. The fourth-order valence-corrected chi connectivity index (χ4v) is 4.09. The van der Waals surface area contributed by atoms with Gasteiger partial charge in [0.1, 0.15) is 0 Å². The second-order valence-electron chi connectivity index (χ2n) is 7.77. The number of carbonyl (C=O) groups is 1. The van der Waals surface area contributed by atoms with Crippen LogP contribution >= 0.6 is 0 Å². The van der Waals surface area contributed by atoms with Gasteiger partial charge in [-0.25, -0.2) is 0 Å². The first-order valence-electron chi connectivity index (χ1n) is 10.0. The second kappa shape index (κ2) is 9.06. The molecule has 1 saturated carbocycles. The number of nitrogens with one attached hydrogen (secondary N) is 2. The van der Waals surface area contributed by atoms with Crippen molar-refractivity contribution in [1.82, 2.24) is 10.2 Å². The number of piperidine rings is 1. The van der Waals surface area contributed by atoms with Crippen molar-refractivity contribution in [3.05, 3.63) is 29.8 Å². The van der Waals surface area contributed by atoms with Crippen LogP contribution in [0.25, 0.3) is 0 Å². The molecule has 1 aliphatic carbocycles. The molecule has 5 nitrogen and oxygen atoms in total. The Hall–Kier alpha value is -2.04. The number of aliphatic imine (C=N–C) groups is 1. The zero-order valence-electron chi connectivity index (χ0n) is 16.1. The Kier molecular flexibility index (Phi) is 6.53. The molecule has 3 rings (SSSR count).